The number of pyridine rings is 1. The summed E-state index contributed by atoms with van der Waals surface area (Å²) in [5.74, 6) is 0.959. The SMILES string of the molecule is CC1=C(C(=O)Nc2cccnc2)[C@@H](c2ccc(Br)cc2)n2nc(CCCO)nc2N1. The molecule has 3 heterocycles. The van der Waals surface area contributed by atoms with Gasteiger partial charge in [0, 0.05) is 29.4 Å². The molecule has 1 aliphatic heterocycles. The Labute approximate surface area is 182 Å². The summed E-state index contributed by atoms with van der Waals surface area (Å²) in [6, 6.07) is 10.9. The minimum Gasteiger partial charge on any atom is -0.396 e. The number of aliphatic hydroxyl groups excluding tert-OH is 1. The van der Waals surface area contributed by atoms with Crippen LogP contribution >= 0.6 is 15.9 Å². The Kier molecular flexibility index (Phi) is 5.91. The Bertz CT molecular complexity index is 1080. The number of carbonyl (C=O) groups is 1. The van der Waals surface area contributed by atoms with Gasteiger partial charge in [0.1, 0.15) is 6.04 Å². The van der Waals surface area contributed by atoms with E-state index >= 15 is 0 Å². The smallest absolute Gasteiger partial charge is 0.255 e. The molecule has 8 nitrogen and oxygen atoms in total. The number of benzene rings is 1. The minimum absolute atomic E-state index is 0.0729. The van der Waals surface area contributed by atoms with Gasteiger partial charge in [0.15, 0.2) is 5.82 Å². The Morgan fingerprint density at radius 2 is 2.10 bits per heavy atom. The average molecular weight is 469 g/mol. The number of nitrogens with zero attached hydrogens (tertiary/aromatic N) is 4. The van der Waals surface area contributed by atoms with Crippen molar-refractivity contribution in [1.82, 2.24) is 19.7 Å². The maximum atomic E-state index is 13.3. The molecular formula is C21H21BrN6O2. The molecule has 1 aliphatic rings. The highest BCUT2D eigenvalue weighted by atomic mass is 79.9. The van der Waals surface area contributed by atoms with E-state index in [4.69, 9.17) is 5.11 Å². The van der Waals surface area contributed by atoms with Gasteiger partial charge in [-0.3, -0.25) is 9.78 Å². The van der Waals surface area contributed by atoms with Crippen LogP contribution < -0.4 is 10.6 Å². The molecule has 0 saturated carbocycles. The van der Waals surface area contributed by atoms with Gasteiger partial charge in [0.05, 0.1) is 17.5 Å². The third kappa shape index (κ3) is 4.12. The summed E-state index contributed by atoms with van der Waals surface area (Å²) in [6.07, 6.45) is 4.39. The number of nitrogens with one attached hydrogen (secondary N) is 2. The maximum Gasteiger partial charge on any atom is 0.255 e. The van der Waals surface area contributed by atoms with Crippen LogP contribution in [0.25, 0.3) is 0 Å². The number of aryl methyl sites for hydroxylation is 1. The van der Waals surface area contributed by atoms with E-state index in [0.29, 0.717) is 41.6 Å². The van der Waals surface area contributed by atoms with Crippen molar-refractivity contribution < 1.29 is 9.90 Å². The normalized spacial score (nSPS) is 15.5. The van der Waals surface area contributed by atoms with Crippen LogP contribution in [0.5, 0.6) is 0 Å². The first-order valence-corrected chi connectivity index (χ1v) is 10.4. The third-order valence-electron chi connectivity index (χ3n) is 4.80. The number of allylic oxidation sites excluding steroid dienone is 1. The molecule has 0 bridgehead atoms. The summed E-state index contributed by atoms with van der Waals surface area (Å²) < 4.78 is 2.69. The van der Waals surface area contributed by atoms with Crippen molar-refractivity contribution in [3.8, 4) is 0 Å². The molecule has 0 fully saturated rings. The van der Waals surface area contributed by atoms with Gasteiger partial charge in [-0.15, -0.1) is 0 Å². The van der Waals surface area contributed by atoms with E-state index in [-0.39, 0.29) is 12.5 Å². The average Bonchev–Trinajstić information content (AvgIpc) is 3.15. The Morgan fingerprint density at radius 3 is 2.80 bits per heavy atom. The van der Waals surface area contributed by atoms with E-state index in [2.05, 4.69) is 41.6 Å². The lowest BCUT2D eigenvalue weighted by Crippen LogP contribution is -2.31. The molecule has 3 aromatic rings. The molecule has 0 radical (unpaired) electrons. The summed E-state index contributed by atoms with van der Waals surface area (Å²) in [4.78, 5) is 21.9. The number of hydrogen-bond donors (Lipinski definition) is 3. The first-order valence-electron chi connectivity index (χ1n) is 9.57. The summed E-state index contributed by atoms with van der Waals surface area (Å²) in [5.41, 5.74) is 2.78. The molecule has 4 rings (SSSR count). The molecule has 30 heavy (non-hydrogen) atoms. The fraction of sp³-hybridized carbons (Fsp3) is 0.238. The van der Waals surface area contributed by atoms with Gasteiger partial charge in [0.25, 0.3) is 5.91 Å². The van der Waals surface area contributed by atoms with E-state index in [0.717, 1.165) is 10.0 Å². The topological polar surface area (TPSA) is 105 Å². The van der Waals surface area contributed by atoms with Gasteiger partial charge in [-0.2, -0.15) is 10.1 Å². The van der Waals surface area contributed by atoms with Gasteiger partial charge in [-0.1, -0.05) is 28.1 Å². The van der Waals surface area contributed by atoms with Crippen LogP contribution in [-0.2, 0) is 11.2 Å². The van der Waals surface area contributed by atoms with E-state index in [1.807, 2.05) is 31.2 Å². The zero-order chi connectivity index (χ0) is 21.1. The number of rotatable bonds is 6. The highest BCUT2D eigenvalue weighted by Crippen LogP contribution is 2.36. The summed E-state index contributed by atoms with van der Waals surface area (Å²) >= 11 is 3.46. The quantitative estimate of drug-likeness (QED) is 0.512. The molecule has 0 spiro atoms. The lowest BCUT2D eigenvalue weighted by Gasteiger charge is -2.28. The molecule has 154 valence electrons. The number of carbonyl (C=O) groups excluding carboxylic acids is 1. The van der Waals surface area contributed by atoms with Gasteiger partial charge in [-0.25, -0.2) is 4.68 Å². The van der Waals surface area contributed by atoms with Crippen molar-refractivity contribution in [2.75, 3.05) is 17.2 Å². The Morgan fingerprint density at radius 1 is 1.30 bits per heavy atom. The predicted molar refractivity (Wildman–Crippen MR) is 117 cm³/mol. The van der Waals surface area contributed by atoms with Crippen molar-refractivity contribution in [1.29, 1.82) is 0 Å². The number of aliphatic hydroxyl groups is 1. The molecule has 0 unspecified atom stereocenters. The Hall–Kier alpha value is -3.04. The van der Waals surface area contributed by atoms with Crippen LogP contribution in [0, 0.1) is 0 Å². The first-order chi connectivity index (χ1) is 14.6. The number of aromatic nitrogens is 4. The van der Waals surface area contributed by atoms with Gasteiger partial charge in [-0.05, 0) is 43.2 Å². The summed E-state index contributed by atoms with van der Waals surface area (Å²) in [6.45, 7) is 1.93. The van der Waals surface area contributed by atoms with Gasteiger partial charge >= 0.3 is 0 Å². The number of anilines is 2. The first kappa shape index (κ1) is 20.2. The van der Waals surface area contributed by atoms with E-state index in [9.17, 15) is 4.79 Å². The van der Waals surface area contributed by atoms with Crippen molar-refractivity contribution in [2.45, 2.75) is 25.8 Å². The third-order valence-corrected chi connectivity index (χ3v) is 5.33. The lowest BCUT2D eigenvalue weighted by atomic mass is 9.95. The molecule has 3 N–H and O–H groups in total. The largest absolute Gasteiger partial charge is 0.396 e. The van der Waals surface area contributed by atoms with Crippen molar-refractivity contribution in [3.63, 3.8) is 0 Å². The molecule has 2 aromatic heterocycles. The van der Waals surface area contributed by atoms with Gasteiger partial charge < -0.3 is 15.7 Å². The fourth-order valence-corrected chi connectivity index (χ4v) is 3.69. The maximum absolute atomic E-state index is 13.3. The highest BCUT2D eigenvalue weighted by molar-refractivity contribution is 9.10. The van der Waals surface area contributed by atoms with Crippen LogP contribution in [0.2, 0.25) is 0 Å². The number of fused-ring (bicyclic) bond motifs is 1. The van der Waals surface area contributed by atoms with Crippen LogP contribution in [0.4, 0.5) is 11.6 Å². The van der Waals surface area contributed by atoms with Crippen molar-refractivity contribution in [2.24, 2.45) is 0 Å². The second-order valence-corrected chi connectivity index (χ2v) is 7.85. The summed E-state index contributed by atoms with van der Waals surface area (Å²) in [7, 11) is 0. The highest BCUT2D eigenvalue weighted by Gasteiger charge is 2.34. The standard InChI is InChI=1S/C21H21BrN6O2/c1-13-18(20(30)25-16-4-2-10-23-12-16)19(14-6-8-15(22)9-7-14)28-21(24-13)26-17(27-28)5-3-11-29/h2,4,6-10,12,19,29H,3,5,11H2,1H3,(H,25,30)(H,24,26,27)/t19-/m1/s1. The van der Waals surface area contributed by atoms with Crippen LogP contribution in [0.3, 0.4) is 0 Å². The molecule has 9 heteroatoms. The van der Waals surface area contributed by atoms with Crippen molar-refractivity contribution >= 4 is 33.5 Å². The molecule has 1 amide bonds. The van der Waals surface area contributed by atoms with Crippen molar-refractivity contribution in [3.05, 3.63) is 75.9 Å². The second-order valence-electron chi connectivity index (χ2n) is 6.94. The predicted octanol–water partition coefficient (Wildman–Crippen LogP) is 3.29. The zero-order valence-corrected chi connectivity index (χ0v) is 17.9. The van der Waals surface area contributed by atoms with E-state index in [1.54, 1.807) is 29.2 Å². The molecule has 1 atom stereocenters. The molecule has 0 saturated heterocycles. The summed E-state index contributed by atoms with van der Waals surface area (Å²) in [5, 5.41) is 19.9. The minimum atomic E-state index is -0.443. The number of halogens is 1. The van der Waals surface area contributed by atoms with E-state index in [1.165, 1.54) is 0 Å². The zero-order valence-electron chi connectivity index (χ0n) is 16.3. The molecular weight excluding hydrogens is 448 g/mol. The monoisotopic (exact) mass is 468 g/mol. The lowest BCUT2D eigenvalue weighted by molar-refractivity contribution is -0.113. The van der Waals surface area contributed by atoms with Gasteiger partial charge in [0.2, 0.25) is 5.95 Å². The molecule has 1 aromatic carbocycles. The number of amides is 1. The van der Waals surface area contributed by atoms with E-state index < -0.39 is 6.04 Å². The van der Waals surface area contributed by atoms with Crippen LogP contribution in [0.15, 0.2) is 64.5 Å². The Balaban J connectivity index is 1.75. The fourth-order valence-electron chi connectivity index (χ4n) is 3.42. The number of hydrogen-bond acceptors (Lipinski definition) is 6. The molecule has 0 aliphatic carbocycles. The van der Waals surface area contributed by atoms with Crippen LogP contribution in [-0.4, -0.2) is 37.4 Å². The van der Waals surface area contributed by atoms with Crippen LogP contribution in [0.1, 0.15) is 30.8 Å². The second kappa shape index (κ2) is 8.76.